The molecule has 1 aromatic rings. The lowest BCUT2D eigenvalue weighted by molar-refractivity contribution is -0.122. The molecule has 0 radical (unpaired) electrons. The second kappa shape index (κ2) is 5.36. The van der Waals surface area contributed by atoms with Crippen molar-refractivity contribution in [2.75, 3.05) is 6.54 Å². The topological polar surface area (TPSA) is 52.6 Å². The van der Waals surface area contributed by atoms with Gasteiger partial charge in [-0.1, -0.05) is 23.2 Å². The molecule has 0 atom stereocenters. The maximum atomic E-state index is 12.0. The number of nitrogens with zero attached hydrogens (tertiary/aromatic N) is 1. The predicted octanol–water partition coefficient (Wildman–Crippen LogP) is 2.78. The first-order valence-corrected chi connectivity index (χ1v) is 6.63. The van der Waals surface area contributed by atoms with E-state index in [1.807, 2.05) is 6.92 Å². The highest BCUT2D eigenvalue weighted by molar-refractivity contribution is 7.80. The van der Waals surface area contributed by atoms with Crippen LogP contribution in [-0.4, -0.2) is 27.6 Å². The summed E-state index contributed by atoms with van der Waals surface area (Å²) in [6.07, 6.45) is 1.47. The molecule has 2 rings (SSSR count). The first kappa shape index (κ1) is 14.1. The van der Waals surface area contributed by atoms with Crippen LogP contribution in [0.4, 0.5) is 0 Å². The second-order valence-corrected chi connectivity index (χ2v) is 5.09. The van der Waals surface area contributed by atoms with Crippen LogP contribution in [0.1, 0.15) is 12.5 Å². The number of likely N-dealkylation sites (N-methyl/N-ethyl adjacent to an activating group) is 1. The van der Waals surface area contributed by atoms with Crippen LogP contribution >= 0.6 is 35.4 Å². The molecule has 1 aliphatic heterocycles. The fourth-order valence-corrected chi connectivity index (χ4v) is 2.54. The van der Waals surface area contributed by atoms with E-state index in [0.717, 1.165) is 0 Å². The summed E-state index contributed by atoms with van der Waals surface area (Å²) in [5.41, 5.74) is 0.634. The standard InChI is InChI=1S/C12H10Cl2N2O2S/c1-2-16-11(18)9(15-12(16)19)4-6-3-7(13)5-8(14)10(6)17/h3-5,17H,2H2,1H3,(H,15,19)/b9-4-. The van der Waals surface area contributed by atoms with Crippen molar-refractivity contribution >= 4 is 52.5 Å². The minimum atomic E-state index is -0.247. The number of hydrogen-bond donors (Lipinski definition) is 2. The van der Waals surface area contributed by atoms with Crippen LogP contribution in [0.15, 0.2) is 17.8 Å². The van der Waals surface area contributed by atoms with Gasteiger partial charge in [-0.15, -0.1) is 0 Å². The van der Waals surface area contributed by atoms with Gasteiger partial charge in [0.1, 0.15) is 11.4 Å². The average Bonchev–Trinajstić information content (AvgIpc) is 2.60. The molecule has 7 heteroatoms. The third-order valence-electron chi connectivity index (χ3n) is 2.64. The largest absolute Gasteiger partial charge is 0.506 e. The van der Waals surface area contributed by atoms with Gasteiger partial charge >= 0.3 is 0 Å². The van der Waals surface area contributed by atoms with Crippen LogP contribution in [0.2, 0.25) is 10.0 Å². The van der Waals surface area contributed by atoms with Crippen LogP contribution in [0.25, 0.3) is 6.08 Å². The van der Waals surface area contributed by atoms with E-state index >= 15 is 0 Å². The molecule has 0 unspecified atom stereocenters. The molecule has 0 bridgehead atoms. The summed E-state index contributed by atoms with van der Waals surface area (Å²) in [6, 6.07) is 2.94. The lowest BCUT2D eigenvalue weighted by Gasteiger charge is -2.09. The fraction of sp³-hybridized carbons (Fsp3) is 0.167. The zero-order valence-corrected chi connectivity index (χ0v) is 12.2. The molecular formula is C12H10Cl2N2O2S. The normalized spacial score (nSPS) is 17.2. The van der Waals surface area contributed by atoms with E-state index in [0.29, 0.717) is 22.2 Å². The molecule has 1 fully saturated rings. The number of hydrogen-bond acceptors (Lipinski definition) is 3. The number of aromatic hydroxyl groups is 1. The molecule has 100 valence electrons. The van der Waals surface area contributed by atoms with Gasteiger partial charge in [0.25, 0.3) is 5.91 Å². The number of nitrogens with one attached hydrogen (secondary N) is 1. The molecule has 4 nitrogen and oxygen atoms in total. The lowest BCUT2D eigenvalue weighted by atomic mass is 10.1. The van der Waals surface area contributed by atoms with Gasteiger partial charge in [-0.25, -0.2) is 0 Å². The number of thiocarbonyl (C=S) groups is 1. The number of benzene rings is 1. The molecule has 0 aromatic heterocycles. The van der Waals surface area contributed by atoms with E-state index in [1.165, 1.54) is 23.1 Å². The van der Waals surface area contributed by atoms with Crippen molar-refractivity contribution < 1.29 is 9.90 Å². The fourth-order valence-electron chi connectivity index (χ4n) is 1.71. The average molecular weight is 317 g/mol. The molecule has 0 spiro atoms. The summed E-state index contributed by atoms with van der Waals surface area (Å²) >= 11 is 16.7. The Balaban J connectivity index is 2.43. The number of rotatable bonds is 2. The van der Waals surface area contributed by atoms with Gasteiger partial charge in [-0.05, 0) is 37.4 Å². The minimum Gasteiger partial charge on any atom is -0.506 e. The molecule has 19 heavy (non-hydrogen) atoms. The van der Waals surface area contributed by atoms with Crippen LogP contribution < -0.4 is 5.32 Å². The van der Waals surface area contributed by atoms with E-state index < -0.39 is 0 Å². The Morgan fingerprint density at radius 3 is 2.74 bits per heavy atom. The zero-order chi connectivity index (χ0) is 14.2. The summed E-state index contributed by atoms with van der Waals surface area (Å²) in [4.78, 5) is 13.4. The zero-order valence-electron chi connectivity index (χ0n) is 9.91. The van der Waals surface area contributed by atoms with Crippen LogP contribution in [0.3, 0.4) is 0 Å². The van der Waals surface area contributed by atoms with Crippen molar-refractivity contribution in [1.82, 2.24) is 10.2 Å². The van der Waals surface area contributed by atoms with Gasteiger partial charge in [0.2, 0.25) is 0 Å². The van der Waals surface area contributed by atoms with Crippen LogP contribution in [0, 0.1) is 0 Å². The van der Waals surface area contributed by atoms with E-state index in [2.05, 4.69) is 5.32 Å². The minimum absolute atomic E-state index is 0.125. The van der Waals surface area contributed by atoms with Gasteiger partial charge in [0, 0.05) is 17.1 Å². The van der Waals surface area contributed by atoms with Gasteiger partial charge in [-0.3, -0.25) is 9.69 Å². The van der Waals surface area contributed by atoms with Crippen LogP contribution in [-0.2, 0) is 4.79 Å². The van der Waals surface area contributed by atoms with Crippen molar-refractivity contribution in [2.24, 2.45) is 0 Å². The third kappa shape index (κ3) is 2.68. The highest BCUT2D eigenvalue weighted by atomic mass is 35.5. The van der Waals surface area contributed by atoms with Crippen molar-refractivity contribution in [2.45, 2.75) is 6.92 Å². The molecule has 1 amide bonds. The number of carbonyl (C=O) groups excluding carboxylic acids is 1. The monoisotopic (exact) mass is 316 g/mol. The second-order valence-electron chi connectivity index (χ2n) is 3.86. The Morgan fingerprint density at radius 1 is 1.47 bits per heavy atom. The number of phenols is 1. The SMILES string of the molecule is CCN1C(=O)/C(=C/c2cc(Cl)cc(Cl)c2O)NC1=S. The molecule has 2 N–H and O–H groups in total. The van der Waals surface area contributed by atoms with Crippen molar-refractivity contribution in [1.29, 1.82) is 0 Å². The highest BCUT2D eigenvalue weighted by Gasteiger charge is 2.29. The van der Waals surface area contributed by atoms with Gasteiger partial charge in [-0.2, -0.15) is 0 Å². The number of amides is 1. The van der Waals surface area contributed by atoms with E-state index in [1.54, 1.807) is 0 Å². The lowest BCUT2D eigenvalue weighted by Crippen LogP contribution is -2.30. The molecule has 1 aromatic carbocycles. The van der Waals surface area contributed by atoms with E-state index in [-0.39, 0.29) is 22.4 Å². The van der Waals surface area contributed by atoms with Crippen molar-refractivity contribution in [3.05, 3.63) is 33.4 Å². The Bertz CT molecular complexity index is 602. The Morgan fingerprint density at radius 2 is 2.16 bits per heavy atom. The summed E-state index contributed by atoms with van der Waals surface area (Å²) in [7, 11) is 0. The van der Waals surface area contributed by atoms with Crippen molar-refractivity contribution in [3.8, 4) is 5.75 Å². The summed E-state index contributed by atoms with van der Waals surface area (Å²) in [5.74, 6) is -0.378. The Kier molecular flexibility index (Phi) is 3.99. The first-order chi connectivity index (χ1) is 8.93. The smallest absolute Gasteiger partial charge is 0.276 e. The molecule has 1 aliphatic rings. The Hall–Kier alpha value is -1.30. The molecule has 1 heterocycles. The highest BCUT2D eigenvalue weighted by Crippen LogP contribution is 2.32. The number of carbonyl (C=O) groups is 1. The quantitative estimate of drug-likeness (QED) is 0.650. The summed E-state index contributed by atoms with van der Waals surface area (Å²) in [6.45, 7) is 2.30. The molecular weight excluding hydrogens is 307 g/mol. The summed E-state index contributed by atoms with van der Waals surface area (Å²) in [5, 5.41) is 13.5. The van der Waals surface area contributed by atoms with E-state index in [4.69, 9.17) is 35.4 Å². The van der Waals surface area contributed by atoms with Gasteiger partial charge in [0.05, 0.1) is 5.02 Å². The maximum Gasteiger partial charge on any atom is 0.276 e. The maximum absolute atomic E-state index is 12.0. The third-order valence-corrected chi connectivity index (χ3v) is 3.46. The molecule has 0 saturated carbocycles. The van der Waals surface area contributed by atoms with Crippen LogP contribution in [0.5, 0.6) is 5.75 Å². The Labute approximate surface area is 125 Å². The predicted molar refractivity (Wildman–Crippen MR) is 79.2 cm³/mol. The van der Waals surface area contributed by atoms with Gasteiger partial charge in [0.15, 0.2) is 5.11 Å². The van der Waals surface area contributed by atoms with Crippen molar-refractivity contribution in [3.63, 3.8) is 0 Å². The summed E-state index contributed by atoms with van der Waals surface area (Å²) < 4.78 is 0. The molecule has 0 aliphatic carbocycles. The number of phenolic OH excluding ortho intramolecular Hbond substituents is 1. The number of halogens is 2. The molecule has 1 saturated heterocycles. The van der Waals surface area contributed by atoms with E-state index in [9.17, 15) is 9.90 Å². The van der Waals surface area contributed by atoms with Gasteiger partial charge < -0.3 is 10.4 Å². The first-order valence-electron chi connectivity index (χ1n) is 5.46.